The van der Waals surface area contributed by atoms with Crippen LogP contribution in [0.4, 0.5) is 0 Å². The van der Waals surface area contributed by atoms with Crippen LogP contribution in [0.25, 0.3) is 10.8 Å². The minimum absolute atomic E-state index is 0.589. The Kier molecular flexibility index (Phi) is 3.66. The second-order valence-corrected chi connectivity index (χ2v) is 4.45. The molecule has 0 spiro atoms. The molecule has 2 heterocycles. The molecule has 2 rings (SSSR count). The van der Waals surface area contributed by atoms with Crippen molar-refractivity contribution < 1.29 is 4.42 Å². The van der Waals surface area contributed by atoms with Crippen LogP contribution in [-0.2, 0) is 6.54 Å². The van der Waals surface area contributed by atoms with Crippen molar-refractivity contribution in [2.75, 3.05) is 20.1 Å². The summed E-state index contributed by atoms with van der Waals surface area (Å²) in [4.78, 5) is 3.05. The third kappa shape index (κ3) is 2.66. The summed E-state index contributed by atoms with van der Waals surface area (Å²) in [5.74, 6) is 1.21. The van der Waals surface area contributed by atoms with Crippen LogP contribution < -0.4 is 5.73 Å². The van der Waals surface area contributed by atoms with Crippen molar-refractivity contribution >= 4 is 11.3 Å². The minimum atomic E-state index is 0.589. The van der Waals surface area contributed by atoms with Gasteiger partial charge in [0, 0.05) is 13.1 Å². The van der Waals surface area contributed by atoms with Gasteiger partial charge < -0.3 is 10.2 Å². The Morgan fingerprint density at radius 3 is 3.06 bits per heavy atom. The van der Waals surface area contributed by atoms with Crippen molar-refractivity contribution in [1.29, 1.82) is 0 Å². The topological polar surface area (TPSA) is 68.2 Å². The average Bonchev–Trinajstić information content (AvgIpc) is 2.86. The number of nitrogens with zero attached hydrogens (tertiary/aromatic N) is 3. The summed E-state index contributed by atoms with van der Waals surface area (Å²) < 4.78 is 5.55. The molecule has 0 fully saturated rings. The number of nitrogens with two attached hydrogens (primary N) is 1. The summed E-state index contributed by atoms with van der Waals surface area (Å²) >= 11 is 1.59. The molecule has 5 nitrogen and oxygen atoms in total. The predicted octanol–water partition coefficient (Wildman–Crippen LogP) is 1.19. The van der Waals surface area contributed by atoms with E-state index in [4.69, 9.17) is 10.2 Å². The molecule has 86 valence electrons. The summed E-state index contributed by atoms with van der Waals surface area (Å²) in [5, 5.41) is 10.00. The van der Waals surface area contributed by atoms with Gasteiger partial charge in [-0.25, -0.2) is 0 Å². The van der Waals surface area contributed by atoms with Gasteiger partial charge in [-0.05, 0) is 18.5 Å². The molecule has 0 saturated carbocycles. The molecule has 0 unspecified atom stereocenters. The van der Waals surface area contributed by atoms with Gasteiger partial charge in [-0.2, -0.15) is 0 Å². The third-order valence-electron chi connectivity index (χ3n) is 2.11. The molecule has 0 radical (unpaired) electrons. The van der Waals surface area contributed by atoms with Gasteiger partial charge >= 0.3 is 0 Å². The van der Waals surface area contributed by atoms with Crippen LogP contribution in [0.1, 0.15) is 5.89 Å². The summed E-state index contributed by atoms with van der Waals surface area (Å²) in [7, 11) is 1.97. The zero-order valence-electron chi connectivity index (χ0n) is 9.09. The number of thiophene rings is 1. The molecule has 0 atom stereocenters. The molecule has 0 aromatic carbocycles. The standard InChI is InChI=1S/C10H14N4OS/c1-14(5-4-11)7-9-12-13-10(15-9)8-3-2-6-16-8/h2-3,6H,4-5,7,11H2,1H3. The van der Waals surface area contributed by atoms with Crippen molar-refractivity contribution in [3.8, 4) is 10.8 Å². The number of likely N-dealkylation sites (N-methyl/N-ethyl adjacent to an activating group) is 1. The number of rotatable bonds is 5. The van der Waals surface area contributed by atoms with E-state index in [1.165, 1.54) is 0 Å². The lowest BCUT2D eigenvalue weighted by Crippen LogP contribution is -2.25. The molecule has 2 N–H and O–H groups in total. The smallest absolute Gasteiger partial charge is 0.257 e. The zero-order chi connectivity index (χ0) is 11.4. The SMILES string of the molecule is CN(CCN)Cc1nnc(-c2cccs2)o1. The second kappa shape index (κ2) is 5.20. The Balaban J connectivity index is 2.03. The van der Waals surface area contributed by atoms with E-state index in [1.54, 1.807) is 11.3 Å². The molecule has 0 bridgehead atoms. The first-order valence-electron chi connectivity index (χ1n) is 5.04. The highest BCUT2D eigenvalue weighted by Gasteiger charge is 2.10. The molecule has 0 saturated heterocycles. The second-order valence-electron chi connectivity index (χ2n) is 3.50. The quantitative estimate of drug-likeness (QED) is 0.847. The Morgan fingerprint density at radius 2 is 2.38 bits per heavy atom. The van der Waals surface area contributed by atoms with Gasteiger partial charge in [0.25, 0.3) is 5.89 Å². The van der Waals surface area contributed by atoms with E-state index in [1.807, 2.05) is 29.5 Å². The Labute approximate surface area is 97.9 Å². The van der Waals surface area contributed by atoms with E-state index >= 15 is 0 Å². The Bertz CT molecular complexity index is 426. The van der Waals surface area contributed by atoms with Crippen molar-refractivity contribution in [3.05, 3.63) is 23.4 Å². The minimum Gasteiger partial charge on any atom is -0.419 e. The summed E-state index contributed by atoms with van der Waals surface area (Å²) in [6, 6.07) is 3.93. The van der Waals surface area contributed by atoms with Gasteiger partial charge in [0.05, 0.1) is 11.4 Å². The molecule has 0 aliphatic carbocycles. The summed E-state index contributed by atoms with van der Waals surface area (Å²) in [6.45, 7) is 2.08. The molecule has 0 amide bonds. The molecule has 6 heteroatoms. The van der Waals surface area contributed by atoms with E-state index in [-0.39, 0.29) is 0 Å². The fraction of sp³-hybridized carbons (Fsp3) is 0.400. The fourth-order valence-electron chi connectivity index (χ4n) is 1.35. The van der Waals surface area contributed by atoms with E-state index in [0.29, 0.717) is 24.9 Å². The average molecular weight is 238 g/mol. The molecule has 2 aromatic rings. The molecule has 0 aliphatic rings. The molecule has 2 aromatic heterocycles. The van der Waals surface area contributed by atoms with E-state index < -0.39 is 0 Å². The van der Waals surface area contributed by atoms with Crippen LogP contribution >= 0.6 is 11.3 Å². The van der Waals surface area contributed by atoms with Crippen molar-refractivity contribution in [1.82, 2.24) is 15.1 Å². The number of aromatic nitrogens is 2. The number of hydrogen-bond acceptors (Lipinski definition) is 6. The van der Waals surface area contributed by atoms with Crippen LogP contribution in [-0.4, -0.2) is 35.2 Å². The molecule has 0 aliphatic heterocycles. The summed E-state index contributed by atoms with van der Waals surface area (Å²) in [5.41, 5.74) is 5.46. The number of hydrogen-bond donors (Lipinski definition) is 1. The van der Waals surface area contributed by atoms with E-state index in [2.05, 4.69) is 10.2 Å². The Hall–Kier alpha value is -1.24. The highest BCUT2D eigenvalue weighted by molar-refractivity contribution is 7.13. The first kappa shape index (κ1) is 11.3. The first-order valence-corrected chi connectivity index (χ1v) is 5.92. The van der Waals surface area contributed by atoms with E-state index in [9.17, 15) is 0 Å². The zero-order valence-corrected chi connectivity index (χ0v) is 9.91. The van der Waals surface area contributed by atoms with Crippen molar-refractivity contribution in [2.45, 2.75) is 6.54 Å². The molecule has 16 heavy (non-hydrogen) atoms. The summed E-state index contributed by atoms with van der Waals surface area (Å²) in [6.07, 6.45) is 0. The lowest BCUT2D eigenvalue weighted by molar-refractivity contribution is 0.297. The fourth-order valence-corrected chi connectivity index (χ4v) is 1.99. The van der Waals surface area contributed by atoms with Crippen LogP contribution in [0.3, 0.4) is 0 Å². The third-order valence-corrected chi connectivity index (χ3v) is 2.97. The highest BCUT2D eigenvalue weighted by Crippen LogP contribution is 2.23. The van der Waals surface area contributed by atoms with Crippen LogP contribution in [0.5, 0.6) is 0 Å². The van der Waals surface area contributed by atoms with Gasteiger partial charge in [0.15, 0.2) is 0 Å². The van der Waals surface area contributed by atoms with Gasteiger partial charge in [-0.3, -0.25) is 4.90 Å². The molecular formula is C10H14N4OS. The van der Waals surface area contributed by atoms with Gasteiger partial charge in [-0.15, -0.1) is 21.5 Å². The van der Waals surface area contributed by atoms with Crippen molar-refractivity contribution in [2.24, 2.45) is 5.73 Å². The lowest BCUT2D eigenvalue weighted by atomic mass is 10.5. The lowest BCUT2D eigenvalue weighted by Gasteiger charge is -2.11. The largest absolute Gasteiger partial charge is 0.419 e. The highest BCUT2D eigenvalue weighted by atomic mass is 32.1. The Morgan fingerprint density at radius 1 is 1.50 bits per heavy atom. The van der Waals surface area contributed by atoms with Gasteiger partial charge in [0.1, 0.15) is 0 Å². The van der Waals surface area contributed by atoms with Crippen LogP contribution in [0, 0.1) is 0 Å². The van der Waals surface area contributed by atoms with Gasteiger partial charge in [-0.1, -0.05) is 6.07 Å². The van der Waals surface area contributed by atoms with Crippen LogP contribution in [0.15, 0.2) is 21.9 Å². The maximum atomic E-state index is 5.55. The monoisotopic (exact) mass is 238 g/mol. The predicted molar refractivity (Wildman–Crippen MR) is 63.0 cm³/mol. The maximum absolute atomic E-state index is 5.55. The first-order chi connectivity index (χ1) is 7.79. The van der Waals surface area contributed by atoms with E-state index in [0.717, 1.165) is 11.4 Å². The van der Waals surface area contributed by atoms with Gasteiger partial charge in [0.2, 0.25) is 5.89 Å². The maximum Gasteiger partial charge on any atom is 0.257 e. The van der Waals surface area contributed by atoms with Crippen molar-refractivity contribution in [3.63, 3.8) is 0 Å². The normalized spacial score (nSPS) is 11.2. The molecular weight excluding hydrogens is 224 g/mol. The van der Waals surface area contributed by atoms with Crippen LogP contribution in [0.2, 0.25) is 0 Å².